The van der Waals surface area contributed by atoms with Crippen molar-refractivity contribution < 1.29 is 13.2 Å². The van der Waals surface area contributed by atoms with E-state index in [0.717, 1.165) is 28.4 Å². The number of nitrogens with zero attached hydrogens (tertiary/aromatic N) is 2. The van der Waals surface area contributed by atoms with Gasteiger partial charge in [-0.1, -0.05) is 6.07 Å². The van der Waals surface area contributed by atoms with Gasteiger partial charge in [0.2, 0.25) is 0 Å². The lowest BCUT2D eigenvalue weighted by molar-refractivity contribution is -0.137. The molecule has 3 rings (SSSR count). The first-order chi connectivity index (χ1) is 9.93. The average molecular weight is 311 g/mol. The molecule has 0 saturated heterocycles. The largest absolute Gasteiger partial charge is 0.416 e. The normalized spacial score (nSPS) is 12.0. The van der Waals surface area contributed by atoms with Gasteiger partial charge in [-0.05, 0) is 24.6 Å². The molecule has 1 aromatic carbocycles. The van der Waals surface area contributed by atoms with Crippen LogP contribution < -0.4 is 5.32 Å². The van der Waals surface area contributed by atoms with Crippen LogP contribution in [0.25, 0.3) is 4.96 Å². The average Bonchev–Trinajstić information content (AvgIpc) is 2.97. The van der Waals surface area contributed by atoms with Crippen LogP contribution in [0.3, 0.4) is 0 Å². The molecule has 0 saturated carbocycles. The van der Waals surface area contributed by atoms with Crippen molar-refractivity contribution in [2.24, 2.45) is 0 Å². The maximum atomic E-state index is 12.7. The molecule has 1 N–H and O–H groups in total. The van der Waals surface area contributed by atoms with E-state index in [-0.39, 0.29) is 0 Å². The molecule has 110 valence electrons. The number of halogens is 3. The topological polar surface area (TPSA) is 29.3 Å². The van der Waals surface area contributed by atoms with Crippen molar-refractivity contribution >= 4 is 22.0 Å². The molecule has 21 heavy (non-hydrogen) atoms. The van der Waals surface area contributed by atoms with E-state index in [2.05, 4.69) is 10.3 Å². The fraction of sp³-hybridized carbons (Fsp3) is 0.214. The van der Waals surface area contributed by atoms with Crippen LogP contribution in [-0.4, -0.2) is 9.38 Å². The number of hydrogen-bond donors (Lipinski definition) is 1. The number of rotatable bonds is 3. The van der Waals surface area contributed by atoms with Gasteiger partial charge >= 0.3 is 6.18 Å². The summed E-state index contributed by atoms with van der Waals surface area (Å²) in [5.41, 5.74) is 1.38. The molecule has 7 heteroatoms. The molecule has 0 atom stereocenters. The molecule has 3 nitrogen and oxygen atoms in total. The Morgan fingerprint density at radius 3 is 2.86 bits per heavy atom. The number of imidazole rings is 1. The maximum absolute atomic E-state index is 12.7. The van der Waals surface area contributed by atoms with Gasteiger partial charge in [0.05, 0.1) is 17.8 Å². The minimum atomic E-state index is -4.33. The highest BCUT2D eigenvalue weighted by Gasteiger charge is 2.30. The van der Waals surface area contributed by atoms with Crippen LogP contribution in [0.4, 0.5) is 18.9 Å². The second-order valence-corrected chi connectivity index (χ2v) is 5.58. The van der Waals surface area contributed by atoms with Crippen LogP contribution in [-0.2, 0) is 12.7 Å². The molecule has 0 bridgehead atoms. The Balaban J connectivity index is 1.79. The SMILES string of the molecule is Cc1ccc(C(F)(F)F)cc1NCc1cn2ccsc2n1. The minimum Gasteiger partial charge on any atom is -0.379 e. The number of aryl methyl sites for hydroxylation is 1. The zero-order valence-electron chi connectivity index (χ0n) is 11.1. The third kappa shape index (κ3) is 2.87. The monoisotopic (exact) mass is 311 g/mol. The van der Waals surface area contributed by atoms with E-state index in [9.17, 15) is 13.2 Å². The first kappa shape index (κ1) is 13.9. The van der Waals surface area contributed by atoms with E-state index in [1.54, 1.807) is 6.92 Å². The summed E-state index contributed by atoms with van der Waals surface area (Å²) in [7, 11) is 0. The van der Waals surface area contributed by atoms with E-state index in [0.29, 0.717) is 12.2 Å². The molecule has 2 heterocycles. The third-order valence-corrected chi connectivity index (χ3v) is 3.94. The van der Waals surface area contributed by atoms with Crippen LogP contribution in [0.1, 0.15) is 16.8 Å². The Labute approximate surface area is 123 Å². The van der Waals surface area contributed by atoms with E-state index in [4.69, 9.17) is 0 Å². The molecule has 0 aliphatic heterocycles. The molecule has 0 aliphatic carbocycles. The number of anilines is 1. The zero-order valence-corrected chi connectivity index (χ0v) is 11.9. The van der Waals surface area contributed by atoms with Crippen LogP contribution >= 0.6 is 11.3 Å². The molecule has 2 aromatic heterocycles. The van der Waals surface area contributed by atoms with Crippen molar-refractivity contribution in [3.05, 3.63) is 52.8 Å². The Morgan fingerprint density at radius 2 is 2.14 bits per heavy atom. The molecular weight excluding hydrogens is 299 g/mol. The summed E-state index contributed by atoms with van der Waals surface area (Å²) in [6.45, 7) is 2.16. The van der Waals surface area contributed by atoms with E-state index >= 15 is 0 Å². The van der Waals surface area contributed by atoms with Gasteiger partial charge < -0.3 is 5.32 Å². The summed E-state index contributed by atoms with van der Waals surface area (Å²) in [6, 6.07) is 3.69. The van der Waals surface area contributed by atoms with Crippen molar-refractivity contribution in [3.63, 3.8) is 0 Å². The van der Waals surface area contributed by atoms with Gasteiger partial charge in [-0.25, -0.2) is 4.98 Å². The zero-order chi connectivity index (χ0) is 15.0. The maximum Gasteiger partial charge on any atom is 0.416 e. The van der Waals surface area contributed by atoms with Crippen molar-refractivity contribution in [2.75, 3.05) is 5.32 Å². The molecular formula is C14H12F3N3S. The van der Waals surface area contributed by atoms with E-state index < -0.39 is 11.7 Å². The van der Waals surface area contributed by atoms with E-state index in [1.807, 2.05) is 22.2 Å². The number of aromatic nitrogens is 2. The smallest absolute Gasteiger partial charge is 0.379 e. The summed E-state index contributed by atoms with van der Waals surface area (Å²) < 4.78 is 40.0. The van der Waals surface area contributed by atoms with Gasteiger partial charge in [0.15, 0.2) is 4.96 Å². The third-order valence-electron chi connectivity index (χ3n) is 3.17. The molecule has 3 aromatic rings. The number of fused-ring (bicyclic) bond motifs is 1. The van der Waals surface area contributed by atoms with Crippen molar-refractivity contribution in [1.29, 1.82) is 0 Å². The van der Waals surface area contributed by atoms with Gasteiger partial charge in [-0.2, -0.15) is 13.2 Å². The Hall–Kier alpha value is -2.02. The predicted octanol–water partition coefficient (Wildman–Crippen LogP) is 4.34. The Bertz CT molecular complexity index is 745. The molecule has 0 aliphatic rings. The molecule has 0 fully saturated rings. The number of benzene rings is 1. The number of nitrogens with one attached hydrogen (secondary N) is 1. The summed E-state index contributed by atoms with van der Waals surface area (Å²) in [6.07, 6.45) is -0.574. The molecule has 0 spiro atoms. The lowest BCUT2D eigenvalue weighted by atomic mass is 10.1. The van der Waals surface area contributed by atoms with Gasteiger partial charge in [-0.15, -0.1) is 11.3 Å². The number of thiazole rings is 1. The van der Waals surface area contributed by atoms with Gasteiger partial charge in [-0.3, -0.25) is 4.40 Å². The lowest BCUT2D eigenvalue weighted by Gasteiger charge is -2.12. The fourth-order valence-corrected chi connectivity index (χ4v) is 2.75. The Kier molecular flexibility index (Phi) is 3.36. The summed E-state index contributed by atoms with van der Waals surface area (Å²) >= 11 is 1.51. The van der Waals surface area contributed by atoms with Crippen LogP contribution in [0, 0.1) is 6.92 Å². The highest BCUT2D eigenvalue weighted by Crippen LogP contribution is 2.32. The Morgan fingerprint density at radius 1 is 1.33 bits per heavy atom. The fourth-order valence-electron chi connectivity index (χ4n) is 2.04. The minimum absolute atomic E-state index is 0.385. The molecule has 0 unspecified atom stereocenters. The van der Waals surface area contributed by atoms with Crippen LogP contribution in [0.5, 0.6) is 0 Å². The van der Waals surface area contributed by atoms with Gasteiger partial charge in [0.25, 0.3) is 0 Å². The van der Waals surface area contributed by atoms with Gasteiger partial charge in [0.1, 0.15) is 0 Å². The highest BCUT2D eigenvalue weighted by molar-refractivity contribution is 7.15. The second kappa shape index (κ2) is 5.07. The van der Waals surface area contributed by atoms with Crippen molar-refractivity contribution in [1.82, 2.24) is 9.38 Å². The quantitative estimate of drug-likeness (QED) is 0.780. The highest BCUT2D eigenvalue weighted by atomic mass is 32.1. The predicted molar refractivity (Wildman–Crippen MR) is 76.6 cm³/mol. The first-order valence-electron chi connectivity index (χ1n) is 6.26. The van der Waals surface area contributed by atoms with E-state index in [1.165, 1.54) is 17.4 Å². The summed E-state index contributed by atoms with van der Waals surface area (Å²) in [5, 5.41) is 4.95. The first-order valence-corrected chi connectivity index (χ1v) is 7.14. The van der Waals surface area contributed by atoms with Crippen LogP contribution in [0.15, 0.2) is 36.0 Å². The molecule has 0 radical (unpaired) electrons. The lowest BCUT2D eigenvalue weighted by Crippen LogP contribution is -2.07. The summed E-state index contributed by atoms with van der Waals surface area (Å²) in [4.78, 5) is 5.25. The molecule has 0 amide bonds. The second-order valence-electron chi connectivity index (χ2n) is 4.71. The standard InChI is InChI=1S/C14H12F3N3S/c1-9-2-3-10(14(15,16)17)6-12(9)18-7-11-8-20-4-5-21-13(20)19-11/h2-6,8,18H,7H2,1H3. The van der Waals surface area contributed by atoms with Crippen molar-refractivity contribution in [2.45, 2.75) is 19.6 Å². The van der Waals surface area contributed by atoms with Gasteiger partial charge in [0, 0.05) is 23.5 Å². The summed E-state index contributed by atoms with van der Waals surface area (Å²) in [5.74, 6) is 0. The number of alkyl halides is 3. The number of hydrogen-bond acceptors (Lipinski definition) is 3. The van der Waals surface area contributed by atoms with Crippen molar-refractivity contribution in [3.8, 4) is 0 Å². The van der Waals surface area contributed by atoms with Crippen LogP contribution in [0.2, 0.25) is 0 Å².